The van der Waals surface area contributed by atoms with Crippen LogP contribution in [0.25, 0.3) is 0 Å². The highest BCUT2D eigenvalue weighted by molar-refractivity contribution is 6.03. The maximum atomic E-state index is 12.7. The van der Waals surface area contributed by atoms with Crippen LogP contribution in [0.15, 0.2) is 54.7 Å². The van der Waals surface area contributed by atoms with Crippen LogP contribution in [0.2, 0.25) is 0 Å². The maximum Gasteiger partial charge on any atom is 0.274 e. The van der Waals surface area contributed by atoms with Crippen LogP contribution in [0, 0.1) is 13.8 Å². The first-order chi connectivity index (χ1) is 13.1. The van der Waals surface area contributed by atoms with Crippen molar-refractivity contribution in [2.24, 2.45) is 0 Å². The Bertz CT molecular complexity index is 935. The first-order valence-corrected chi connectivity index (χ1v) is 9.09. The fourth-order valence-corrected chi connectivity index (χ4v) is 2.84. The van der Waals surface area contributed by atoms with Crippen molar-refractivity contribution in [3.05, 3.63) is 82.7 Å². The van der Waals surface area contributed by atoms with Crippen LogP contribution >= 0.6 is 0 Å². The molecule has 1 amide bonds. The van der Waals surface area contributed by atoms with E-state index in [4.69, 9.17) is 0 Å². The number of amides is 1. The lowest BCUT2D eigenvalue weighted by Gasteiger charge is -2.13. The first-order valence-electron chi connectivity index (χ1n) is 9.09. The lowest BCUT2D eigenvalue weighted by atomic mass is 10.1. The van der Waals surface area contributed by atoms with Gasteiger partial charge in [0.25, 0.3) is 5.91 Å². The average Bonchev–Trinajstić information content (AvgIpc) is 2.69. The largest absolute Gasteiger partial charge is 0.350 e. The van der Waals surface area contributed by atoms with Crippen molar-refractivity contribution in [1.29, 1.82) is 0 Å². The van der Waals surface area contributed by atoms with Gasteiger partial charge >= 0.3 is 0 Å². The van der Waals surface area contributed by atoms with Crippen LogP contribution in [0.1, 0.15) is 39.7 Å². The smallest absolute Gasteiger partial charge is 0.274 e. The zero-order valence-electron chi connectivity index (χ0n) is 15.9. The number of hydrogen-bond donors (Lipinski definition) is 2. The van der Waals surface area contributed by atoms with Crippen molar-refractivity contribution in [3.63, 3.8) is 0 Å². The number of nitrogens with one attached hydrogen (secondary N) is 2. The van der Waals surface area contributed by atoms with E-state index in [2.05, 4.69) is 58.7 Å². The highest BCUT2D eigenvalue weighted by atomic mass is 16.1. The van der Waals surface area contributed by atoms with Gasteiger partial charge in [-0.15, -0.1) is 0 Å². The maximum absolute atomic E-state index is 12.7. The van der Waals surface area contributed by atoms with Gasteiger partial charge in [-0.05, 0) is 43.0 Å². The predicted octanol–water partition coefficient (Wildman–Crippen LogP) is 4.52. The summed E-state index contributed by atoms with van der Waals surface area (Å²) < 4.78 is 0. The molecule has 0 saturated heterocycles. The summed E-state index contributed by atoms with van der Waals surface area (Å²) in [7, 11) is 0. The van der Waals surface area contributed by atoms with Crippen molar-refractivity contribution in [2.45, 2.75) is 33.7 Å². The van der Waals surface area contributed by atoms with E-state index in [1.165, 1.54) is 5.56 Å². The number of benzene rings is 2. The summed E-state index contributed by atoms with van der Waals surface area (Å²) in [5.74, 6) is 0.198. The Balaban J connectivity index is 1.71. The van der Waals surface area contributed by atoms with Crippen LogP contribution in [0.3, 0.4) is 0 Å². The fraction of sp³-hybridized carbons (Fsp3) is 0.227. The van der Waals surface area contributed by atoms with Gasteiger partial charge in [0.1, 0.15) is 5.69 Å². The van der Waals surface area contributed by atoms with Gasteiger partial charge in [0, 0.05) is 18.4 Å². The molecule has 2 aromatic carbocycles. The van der Waals surface area contributed by atoms with Gasteiger partial charge in [-0.2, -0.15) is 0 Å². The standard InChI is InChI=1S/C22H24N4O/c1-4-18-7-5-6-16(3)20(18)26-21(27)19-12-13-23-22(25-19)24-14-17-10-8-15(2)9-11-17/h5-13H,4,14H2,1-3H3,(H,26,27)(H,23,24,25). The Morgan fingerprint density at radius 2 is 1.81 bits per heavy atom. The van der Waals surface area contributed by atoms with Gasteiger partial charge < -0.3 is 10.6 Å². The highest BCUT2D eigenvalue weighted by Crippen LogP contribution is 2.21. The molecular weight excluding hydrogens is 336 g/mol. The third-order valence-corrected chi connectivity index (χ3v) is 4.44. The van der Waals surface area contributed by atoms with Gasteiger partial charge in [-0.25, -0.2) is 9.97 Å². The second-order valence-electron chi connectivity index (χ2n) is 6.52. The summed E-state index contributed by atoms with van der Waals surface area (Å²) in [4.78, 5) is 21.2. The van der Waals surface area contributed by atoms with E-state index in [0.717, 1.165) is 28.8 Å². The Kier molecular flexibility index (Phi) is 5.81. The number of carbonyl (C=O) groups is 1. The van der Waals surface area contributed by atoms with E-state index in [9.17, 15) is 4.79 Å². The monoisotopic (exact) mass is 360 g/mol. The van der Waals surface area contributed by atoms with Crippen LogP contribution in [-0.2, 0) is 13.0 Å². The Hall–Kier alpha value is -3.21. The van der Waals surface area contributed by atoms with E-state index < -0.39 is 0 Å². The van der Waals surface area contributed by atoms with Gasteiger partial charge in [-0.1, -0.05) is 55.0 Å². The normalized spacial score (nSPS) is 10.5. The number of nitrogens with zero attached hydrogens (tertiary/aromatic N) is 2. The molecular formula is C22H24N4O. The molecule has 1 aromatic heterocycles. The topological polar surface area (TPSA) is 66.9 Å². The van der Waals surface area contributed by atoms with E-state index in [0.29, 0.717) is 18.2 Å². The minimum Gasteiger partial charge on any atom is -0.350 e. The molecule has 0 aliphatic carbocycles. The van der Waals surface area contributed by atoms with Crippen molar-refractivity contribution in [3.8, 4) is 0 Å². The first kappa shape index (κ1) is 18.6. The molecule has 0 aliphatic rings. The molecule has 5 nitrogen and oxygen atoms in total. The van der Waals surface area contributed by atoms with E-state index in [-0.39, 0.29) is 5.91 Å². The molecule has 0 unspecified atom stereocenters. The lowest BCUT2D eigenvalue weighted by Crippen LogP contribution is -2.17. The molecule has 2 N–H and O–H groups in total. The molecule has 3 aromatic rings. The van der Waals surface area contributed by atoms with E-state index in [1.54, 1.807) is 12.3 Å². The zero-order valence-corrected chi connectivity index (χ0v) is 15.9. The van der Waals surface area contributed by atoms with Gasteiger partial charge in [-0.3, -0.25) is 4.79 Å². The molecule has 0 bridgehead atoms. The zero-order chi connectivity index (χ0) is 19.2. The van der Waals surface area contributed by atoms with Crippen LogP contribution in [-0.4, -0.2) is 15.9 Å². The van der Waals surface area contributed by atoms with Crippen LogP contribution in [0.5, 0.6) is 0 Å². The average molecular weight is 360 g/mol. The minimum absolute atomic E-state index is 0.236. The van der Waals surface area contributed by atoms with Crippen LogP contribution in [0.4, 0.5) is 11.6 Å². The number of carbonyl (C=O) groups excluding carboxylic acids is 1. The van der Waals surface area contributed by atoms with Gasteiger partial charge in [0.05, 0.1) is 0 Å². The van der Waals surface area contributed by atoms with Gasteiger partial charge in [0.15, 0.2) is 0 Å². The number of anilines is 2. The van der Waals surface area contributed by atoms with Crippen molar-refractivity contribution < 1.29 is 4.79 Å². The molecule has 3 rings (SSSR count). The predicted molar refractivity (Wildman–Crippen MR) is 109 cm³/mol. The summed E-state index contributed by atoms with van der Waals surface area (Å²) in [6.45, 7) is 6.72. The summed E-state index contributed by atoms with van der Waals surface area (Å²) in [6.07, 6.45) is 2.45. The summed E-state index contributed by atoms with van der Waals surface area (Å²) in [5, 5.41) is 6.17. The molecule has 0 atom stereocenters. The molecule has 5 heteroatoms. The molecule has 27 heavy (non-hydrogen) atoms. The Labute approximate surface area is 159 Å². The summed E-state index contributed by atoms with van der Waals surface area (Å²) in [6, 6.07) is 15.9. The van der Waals surface area contributed by atoms with E-state index in [1.807, 2.05) is 25.1 Å². The Morgan fingerprint density at radius 1 is 1.04 bits per heavy atom. The van der Waals surface area contributed by atoms with Crippen molar-refractivity contribution in [2.75, 3.05) is 10.6 Å². The number of aromatic nitrogens is 2. The molecule has 0 spiro atoms. The number of para-hydroxylation sites is 1. The summed E-state index contributed by atoms with van der Waals surface area (Å²) in [5.41, 5.74) is 5.69. The SMILES string of the molecule is CCc1cccc(C)c1NC(=O)c1ccnc(NCc2ccc(C)cc2)n1. The molecule has 138 valence electrons. The summed E-state index contributed by atoms with van der Waals surface area (Å²) >= 11 is 0. The molecule has 0 aliphatic heterocycles. The second-order valence-corrected chi connectivity index (χ2v) is 6.52. The minimum atomic E-state index is -0.236. The quantitative estimate of drug-likeness (QED) is 0.678. The number of hydrogen-bond acceptors (Lipinski definition) is 4. The molecule has 0 fully saturated rings. The second kappa shape index (κ2) is 8.45. The van der Waals surface area contributed by atoms with Gasteiger partial charge in [0.2, 0.25) is 5.95 Å². The Morgan fingerprint density at radius 3 is 2.56 bits per heavy atom. The van der Waals surface area contributed by atoms with Crippen molar-refractivity contribution in [1.82, 2.24) is 9.97 Å². The van der Waals surface area contributed by atoms with Crippen LogP contribution < -0.4 is 10.6 Å². The third-order valence-electron chi connectivity index (χ3n) is 4.44. The fourth-order valence-electron chi connectivity index (χ4n) is 2.84. The number of rotatable bonds is 6. The van der Waals surface area contributed by atoms with Crippen molar-refractivity contribution >= 4 is 17.5 Å². The number of aryl methyl sites for hydroxylation is 3. The third kappa shape index (κ3) is 4.70. The lowest BCUT2D eigenvalue weighted by molar-refractivity contribution is 0.102. The highest BCUT2D eigenvalue weighted by Gasteiger charge is 2.12. The molecule has 0 radical (unpaired) electrons. The molecule has 0 saturated carbocycles. The molecule has 1 heterocycles. The van der Waals surface area contributed by atoms with E-state index >= 15 is 0 Å².